The average Bonchev–Trinajstić information content (AvgIpc) is 3.16. The smallest absolute Gasteiger partial charge is 0.289 e. The molecule has 3 rings (SSSR count). The molecule has 0 aliphatic carbocycles. The third kappa shape index (κ3) is 6.36. The zero-order chi connectivity index (χ0) is 25.4. The minimum atomic E-state index is -1.27. The van der Waals surface area contributed by atoms with E-state index >= 15 is 0 Å². The first-order valence-electron chi connectivity index (χ1n) is 11.6. The van der Waals surface area contributed by atoms with Crippen LogP contribution in [0.2, 0.25) is 0 Å². The van der Waals surface area contributed by atoms with E-state index < -0.39 is 29.2 Å². The molecule has 0 radical (unpaired) electrons. The van der Waals surface area contributed by atoms with Crippen LogP contribution in [-0.4, -0.2) is 37.5 Å². The van der Waals surface area contributed by atoms with Gasteiger partial charge in [-0.25, -0.2) is 25.2 Å². The summed E-state index contributed by atoms with van der Waals surface area (Å²) in [6, 6.07) is 16.8. The van der Waals surface area contributed by atoms with Crippen LogP contribution in [0.5, 0.6) is 0 Å². The van der Waals surface area contributed by atoms with Gasteiger partial charge in [-0.05, 0) is 49.3 Å². The molecule has 0 saturated heterocycles. The fraction of sp³-hybridized carbons (Fsp3) is 0.360. The lowest BCUT2D eigenvalue weighted by Gasteiger charge is -2.29. The maximum atomic E-state index is 13.3. The Morgan fingerprint density at radius 1 is 1.00 bits per heavy atom. The molecule has 0 bridgehead atoms. The molecular weight excluding hydrogens is 450 g/mol. The number of carbonyl (C=O) groups excluding carboxylic acids is 2. The van der Waals surface area contributed by atoms with Crippen LogP contribution >= 0.6 is 0 Å². The molecular formula is C25H31N5O5. The van der Waals surface area contributed by atoms with Gasteiger partial charge in [0.25, 0.3) is 5.91 Å². The summed E-state index contributed by atoms with van der Waals surface area (Å²) >= 11 is 0. The second kappa shape index (κ2) is 12.0. The van der Waals surface area contributed by atoms with Crippen molar-refractivity contribution >= 4 is 11.8 Å². The summed E-state index contributed by atoms with van der Waals surface area (Å²) < 4.78 is 1.67. The maximum absolute atomic E-state index is 13.3. The number of rotatable bonds is 11. The van der Waals surface area contributed by atoms with E-state index in [0.717, 1.165) is 15.3 Å². The molecule has 2 amide bonds. The van der Waals surface area contributed by atoms with E-state index in [1.165, 1.54) is 0 Å². The minimum absolute atomic E-state index is 0.0218. The van der Waals surface area contributed by atoms with Crippen molar-refractivity contribution in [1.82, 2.24) is 19.9 Å². The average molecular weight is 482 g/mol. The van der Waals surface area contributed by atoms with Gasteiger partial charge in [0.15, 0.2) is 0 Å². The van der Waals surface area contributed by atoms with Crippen LogP contribution in [0.15, 0.2) is 70.3 Å². The van der Waals surface area contributed by atoms with Crippen molar-refractivity contribution < 1.29 is 14.8 Å². The molecule has 0 unspecified atom stereocenters. The highest BCUT2D eigenvalue weighted by atomic mass is 16.5. The number of para-hydroxylation sites is 1. The summed E-state index contributed by atoms with van der Waals surface area (Å²) in [6.07, 6.45) is 1.73. The molecule has 1 heterocycles. The Morgan fingerprint density at radius 3 is 2.23 bits per heavy atom. The Bertz CT molecular complexity index is 1230. The second-order valence-corrected chi connectivity index (χ2v) is 8.72. The first-order valence-corrected chi connectivity index (χ1v) is 11.6. The molecule has 1 atom stereocenters. The minimum Gasteiger partial charge on any atom is -0.289 e. The van der Waals surface area contributed by atoms with Gasteiger partial charge >= 0.3 is 11.4 Å². The number of aryl methyl sites for hydroxylation is 1. The fourth-order valence-electron chi connectivity index (χ4n) is 3.85. The number of carbonyl (C=O) groups is 2. The number of hydrogen-bond donors (Lipinski definition) is 3. The normalized spacial score (nSPS) is 11.9. The van der Waals surface area contributed by atoms with E-state index in [2.05, 4.69) is 5.10 Å². The molecule has 3 N–H and O–H groups in total. The van der Waals surface area contributed by atoms with Gasteiger partial charge in [0.1, 0.15) is 6.04 Å². The Hall–Kier alpha value is -3.92. The number of nitrogens with one attached hydrogen (secondary N) is 2. The number of H-pyrrole nitrogens is 1. The van der Waals surface area contributed by atoms with Gasteiger partial charge in [-0.3, -0.25) is 14.8 Å². The molecule has 0 saturated carbocycles. The lowest BCUT2D eigenvalue weighted by Crippen LogP contribution is -2.60. The lowest BCUT2D eigenvalue weighted by molar-refractivity contribution is -0.134. The van der Waals surface area contributed by atoms with E-state index in [-0.39, 0.29) is 18.8 Å². The first-order chi connectivity index (χ1) is 16.8. The second-order valence-electron chi connectivity index (χ2n) is 8.72. The molecule has 186 valence electrons. The van der Waals surface area contributed by atoms with Gasteiger partial charge in [0.05, 0.1) is 5.69 Å². The zero-order valence-electron chi connectivity index (χ0n) is 19.9. The highest BCUT2D eigenvalue weighted by Gasteiger charge is 2.34. The monoisotopic (exact) mass is 481 g/mol. The van der Waals surface area contributed by atoms with Crippen LogP contribution in [0.1, 0.15) is 45.1 Å². The molecule has 0 spiro atoms. The number of aromatic amines is 1. The summed E-state index contributed by atoms with van der Waals surface area (Å²) in [7, 11) is 0. The van der Waals surface area contributed by atoms with Crippen LogP contribution in [0.4, 0.5) is 0 Å². The van der Waals surface area contributed by atoms with Gasteiger partial charge in [-0.15, -0.1) is 4.68 Å². The number of benzene rings is 2. The molecule has 1 aromatic heterocycles. The van der Waals surface area contributed by atoms with Gasteiger partial charge in [0, 0.05) is 6.42 Å². The quantitative estimate of drug-likeness (QED) is 0.285. The van der Waals surface area contributed by atoms with E-state index in [4.69, 9.17) is 0 Å². The van der Waals surface area contributed by atoms with Crippen LogP contribution in [0.3, 0.4) is 0 Å². The molecule has 35 heavy (non-hydrogen) atoms. The number of amides is 2. The predicted molar refractivity (Wildman–Crippen MR) is 131 cm³/mol. The highest BCUT2D eigenvalue weighted by molar-refractivity contribution is 5.94. The summed E-state index contributed by atoms with van der Waals surface area (Å²) in [5, 5.41) is 12.8. The predicted octanol–water partition coefficient (Wildman–Crippen LogP) is 2.12. The number of aromatic nitrogens is 3. The summed E-state index contributed by atoms with van der Waals surface area (Å²) in [5.41, 5.74) is 1.35. The molecule has 0 aliphatic rings. The Morgan fingerprint density at radius 2 is 1.63 bits per heavy atom. The summed E-state index contributed by atoms with van der Waals surface area (Å²) in [6.45, 7) is 3.89. The van der Waals surface area contributed by atoms with Crippen molar-refractivity contribution in [2.75, 3.05) is 5.01 Å². The van der Waals surface area contributed by atoms with Crippen LogP contribution < -0.4 is 21.9 Å². The van der Waals surface area contributed by atoms with Crippen molar-refractivity contribution in [2.45, 2.75) is 52.0 Å². The summed E-state index contributed by atoms with van der Waals surface area (Å²) in [4.78, 5) is 52.3. The van der Waals surface area contributed by atoms with E-state index in [9.17, 15) is 24.4 Å². The molecule has 3 aromatic rings. The van der Waals surface area contributed by atoms with Crippen LogP contribution in [0, 0.1) is 5.92 Å². The third-order valence-electron chi connectivity index (χ3n) is 5.69. The van der Waals surface area contributed by atoms with Gasteiger partial charge in [0.2, 0.25) is 5.91 Å². The highest BCUT2D eigenvalue weighted by Crippen LogP contribution is 2.14. The van der Waals surface area contributed by atoms with Crippen molar-refractivity contribution in [2.24, 2.45) is 5.92 Å². The van der Waals surface area contributed by atoms with E-state index in [1.807, 2.05) is 44.2 Å². The SMILES string of the molecule is CC(C)CCC(=O)N([C@@H](CCCc1ccccc1)C(=O)NO)n1c(=O)[nH]n(-c2ccccc2)c1=O. The fourth-order valence-corrected chi connectivity index (χ4v) is 3.85. The molecule has 0 aliphatic heterocycles. The molecule has 0 fully saturated rings. The van der Waals surface area contributed by atoms with Crippen molar-refractivity contribution in [1.29, 1.82) is 0 Å². The number of hydroxylamine groups is 1. The topological polar surface area (TPSA) is 129 Å². The largest absolute Gasteiger partial charge is 0.371 e. The Kier molecular flexibility index (Phi) is 8.80. The van der Waals surface area contributed by atoms with E-state index in [1.54, 1.807) is 35.8 Å². The van der Waals surface area contributed by atoms with Gasteiger partial charge < -0.3 is 0 Å². The number of hydrogen-bond acceptors (Lipinski definition) is 5. The maximum Gasteiger partial charge on any atom is 0.371 e. The van der Waals surface area contributed by atoms with Crippen LogP contribution in [0.25, 0.3) is 5.69 Å². The molecule has 10 nitrogen and oxygen atoms in total. The Balaban J connectivity index is 2.01. The standard InChI is InChI=1S/C25H31N5O5/c1-18(2)16-17-22(31)29(21(23(32)27-35)15-9-12-19-10-5-3-6-11-19)30-24(33)26-28(25(30)34)20-13-7-4-8-14-20/h3-8,10-11,13-14,18,21,35H,9,12,15-17H2,1-2H3,(H,26,33)(H,27,32)/t21-/m0/s1. The molecule has 2 aromatic carbocycles. The lowest BCUT2D eigenvalue weighted by atomic mass is 10.0. The van der Waals surface area contributed by atoms with E-state index in [0.29, 0.717) is 29.6 Å². The van der Waals surface area contributed by atoms with Crippen molar-refractivity contribution in [3.05, 3.63) is 87.2 Å². The van der Waals surface area contributed by atoms with Gasteiger partial charge in [-0.2, -0.15) is 4.68 Å². The zero-order valence-corrected chi connectivity index (χ0v) is 19.9. The van der Waals surface area contributed by atoms with Crippen LogP contribution in [-0.2, 0) is 16.0 Å². The first kappa shape index (κ1) is 25.7. The third-order valence-corrected chi connectivity index (χ3v) is 5.69. The summed E-state index contributed by atoms with van der Waals surface area (Å²) in [5.74, 6) is -1.26. The Labute approximate surface area is 202 Å². The van der Waals surface area contributed by atoms with Crippen molar-refractivity contribution in [3.63, 3.8) is 0 Å². The van der Waals surface area contributed by atoms with Crippen molar-refractivity contribution in [3.8, 4) is 5.69 Å². The number of nitrogens with zero attached hydrogens (tertiary/aromatic N) is 3. The molecule has 10 heteroatoms. The van der Waals surface area contributed by atoms with Gasteiger partial charge in [-0.1, -0.05) is 62.4 Å².